The summed E-state index contributed by atoms with van der Waals surface area (Å²) in [6, 6.07) is 0.00694. The first-order chi connectivity index (χ1) is 6.81. The van der Waals surface area contributed by atoms with Crippen LogP contribution >= 0.6 is 11.8 Å². The van der Waals surface area contributed by atoms with Gasteiger partial charge in [0.1, 0.15) is 0 Å². The number of urea groups is 1. The molecule has 0 saturated heterocycles. The summed E-state index contributed by atoms with van der Waals surface area (Å²) in [5.74, 6) is 0.493. The highest BCUT2D eigenvalue weighted by Crippen LogP contribution is 2.33. The lowest BCUT2D eigenvalue weighted by molar-refractivity contribution is 0.210. The third-order valence-corrected chi connectivity index (χ3v) is 3.57. The molecule has 1 N–H and O–H groups in total. The number of carbonyl (C=O) groups excluding carboxylic acids is 1. The van der Waals surface area contributed by atoms with Gasteiger partial charge in [-0.15, -0.1) is 11.8 Å². The number of carbonyl (C=O) groups is 1. The van der Waals surface area contributed by atoms with Crippen LogP contribution in [0.15, 0.2) is 23.8 Å². The van der Waals surface area contributed by atoms with Gasteiger partial charge in [-0.25, -0.2) is 4.79 Å². The molecule has 2 heterocycles. The minimum Gasteiger partial charge on any atom is -0.338 e. The van der Waals surface area contributed by atoms with Gasteiger partial charge in [0.2, 0.25) is 0 Å². The van der Waals surface area contributed by atoms with Gasteiger partial charge >= 0.3 is 6.03 Å². The van der Waals surface area contributed by atoms with Gasteiger partial charge in [-0.2, -0.15) is 0 Å². The number of nitrogens with zero attached hydrogens (tertiary/aromatic N) is 1. The standard InChI is InChI=1S/C10H14N2OS/c1-2-11-10(13)12-5-3-9-8(7-12)4-6-14-9/h3-6,8-9H,2,7H2,1H3,(H,11,13). The van der Waals surface area contributed by atoms with Crippen molar-refractivity contribution < 1.29 is 4.79 Å². The Hall–Kier alpha value is -0.900. The van der Waals surface area contributed by atoms with Crippen molar-refractivity contribution >= 4 is 17.8 Å². The maximum atomic E-state index is 11.5. The molecule has 0 aliphatic carbocycles. The molecule has 2 amide bonds. The average Bonchev–Trinajstić information content (AvgIpc) is 2.64. The van der Waals surface area contributed by atoms with Gasteiger partial charge in [-0.1, -0.05) is 12.2 Å². The van der Waals surface area contributed by atoms with E-state index in [4.69, 9.17) is 0 Å². The molecule has 2 rings (SSSR count). The molecule has 2 atom stereocenters. The van der Waals surface area contributed by atoms with E-state index in [-0.39, 0.29) is 6.03 Å². The van der Waals surface area contributed by atoms with Crippen molar-refractivity contribution in [2.24, 2.45) is 5.92 Å². The van der Waals surface area contributed by atoms with Crippen LogP contribution in [0.5, 0.6) is 0 Å². The maximum absolute atomic E-state index is 11.5. The van der Waals surface area contributed by atoms with E-state index in [1.54, 1.807) is 4.90 Å². The summed E-state index contributed by atoms with van der Waals surface area (Å²) < 4.78 is 0. The van der Waals surface area contributed by atoms with Crippen LogP contribution in [0.3, 0.4) is 0 Å². The average molecular weight is 210 g/mol. The van der Waals surface area contributed by atoms with Crippen molar-refractivity contribution in [1.82, 2.24) is 10.2 Å². The third-order valence-electron chi connectivity index (χ3n) is 2.44. The normalized spacial score (nSPS) is 29.1. The lowest BCUT2D eigenvalue weighted by Crippen LogP contribution is -2.42. The van der Waals surface area contributed by atoms with Crippen molar-refractivity contribution in [2.75, 3.05) is 13.1 Å². The zero-order valence-corrected chi connectivity index (χ0v) is 8.96. The van der Waals surface area contributed by atoms with Gasteiger partial charge in [0.25, 0.3) is 0 Å². The van der Waals surface area contributed by atoms with Gasteiger partial charge in [-0.05, 0) is 12.3 Å². The second-order valence-corrected chi connectivity index (χ2v) is 4.51. The third kappa shape index (κ3) is 1.80. The summed E-state index contributed by atoms with van der Waals surface area (Å²) in [7, 11) is 0. The largest absolute Gasteiger partial charge is 0.338 e. The monoisotopic (exact) mass is 210 g/mol. The molecule has 76 valence electrons. The quantitative estimate of drug-likeness (QED) is 0.715. The van der Waals surface area contributed by atoms with Crippen molar-refractivity contribution in [1.29, 1.82) is 0 Å². The van der Waals surface area contributed by atoms with Crippen LogP contribution in [0.4, 0.5) is 4.79 Å². The second kappa shape index (κ2) is 4.09. The van der Waals surface area contributed by atoms with E-state index < -0.39 is 0 Å². The molecular weight excluding hydrogens is 196 g/mol. The molecule has 0 aromatic carbocycles. The molecule has 0 aromatic rings. The highest BCUT2D eigenvalue weighted by molar-refractivity contribution is 8.03. The highest BCUT2D eigenvalue weighted by Gasteiger charge is 2.28. The first-order valence-electron chi connectivity index (χ1n) is 4.86. The van der Waals surface area contributed by atoms with E-state index in [2.05, 4.69) is 22.9 Å². The maximum Gasteiger partial charge on any atom is 0.321 e. The molecule has 0 spiro atoms. The molecular formula is C10H14N2OS. The Morgan fingerprint density at radius 2 is 2.50 bits per heavy atom. The predicted molar refractivity (Wildman–Crippen MR) is 58.9 cm³/mol. The van der Waals surface area contributed by atoms with Crippen LogP contribution in [0, 0.1) is 5.92 Å². The zero-order chi connectivity index (χ0) is 9.97. The summed E-state index contributed by atoms with van der Waals surface area (Å²) in [4.78, 5) is 13.3. The SMILES string of the molecule is CCNC(=O)N1C=CC2SC=CC2C1. The van der Waals surface area contributed by atoms with Crippen LogP contribution in [-0.2, 0) is 0 Å². The van der Waals surface area contributed by atoms with E-state index >= 15 is 0 Å². The van der Waals surface area contributed by atoms with Crippen LogP contribution in [0.1, 0.15) is 6.92 Å². The van der Waals surface area contributed by atoms with Gasteiger partial charge in [0, 0.05) is 30.5 Å². The Labute approximate surface area is 88.2 Å². The lowest BCUT2D eigenvalue weighted by atomic mass is 10.0. The molecule has 4 heteroatoms. The van der Waals surface area contributed by atoms with Crippen molar-refractivity contribution in [3.63, 3.8) is 0 Å². The first kappa shape index (κ1) is 9.65. The minimum absolute atomic E-state index is 0.00694. The molecule has 2 unspecified atom stereocenters. The molecule has 0 fully saturated rings. The molecule has 2 aliphatic heterocycles. The predicted octanol–water partition coefficient (Wildman–Crippen LogP) is 1.79. The highest BCUT2D eigenvalue weighted by atomic mass is 32.2. The number of fused-ring (bicyclic) bond motifs is 1. The molecule has 3 nitrogen and oxygen atoms in total. The number of thioether (sulfide) groups is 1. The summed E-state index contributed by atoms with van der Waals surface area (Å²) in [6.45, 7) is 3.41. The van der Waals surface area contributed by atoms with E-state index in [1.807, 2.05) is 24.9 Å². The first-order valence-corrected chi connectivity index (χ1v) is 5.80. The molecule has 0 saturated carbocycles. The van der Waals surface area contributed by atoms with E-state index in [9.17, 15) is 4.79 Å². The fourth-order valence-corrected chi connectivity index (χ4v) is 2.69. The molecule has 2 aliphatic rings. The Morgan fingerprint density at radius 3 is 3.29 bits per heavy atom. The van der Waals surface area contributed by atoms with Crippen molar-refractivity contribution in [3.8, 4) is 0 Å². The van der Waals surface area contributed by atoms with Gasteiger partial charge in [0.15, 0.2) is 0 Å². The van der Waals surface area contributed by atoms with Crippen LogP contribution in [-0.4, -0.2) is 29.3 Å². The molecule has 0 bridgehead atoms. The van der Waals surface area contributed by atoms with E-state index in [1.165, 1.54) is 0 Å². The van der Waals surface area contributed by atoms with Crippen LogP contribution < -0.4 is 5.32 Å². The lowest BCUT2D eigenvalue weighted by Gasteiger charge is -2.28. The topological polar surface area (TPSA) is 32.3 Å². The van der Waals surface area contributed by atoms with E-state index in [0.717, 1.165) is 6.54 Å². The van der Waals surface area contributed by atoms with Gasteiger partial charge in [-0.3, -0.25) is 0 Å². The van der Waals surface area contributed by atoms with Crippen LogP contribution in [0.2, 0.25) is 0 Å². The summed E-state index contributed by atoms with van der Waals surface area (Å²) in [6.07, 6.45) is 6.19. The molecule has 14 heavy (non-hydrogen) atoms. The summed E-state index contributed by atoms with van der Waals surface area (Å²) in [5.41, 5.74) is 0. The zero-order valence-electron chi connectivity index (χ0n) is 8.14. The minimum atomic E-state index is 0.00694. The van der Waals surface area contributed by atoms with Crippen molar-refractivity contribution in [2.45, 2.75) is 12.2 Å². The number of hydrogen-bond acceptors (Lipinski definition) is 2. The number of amides is 2. The van der Waals surface area contributed by atoms with Crippen molar-refractivity contribution in [3.05, 3.63) is 23.8 Å². The Bertz CT molecular complexity index is 288. The Balaban J connectivity index is 2.00. The van der Waals surface area contributed by atoms with Gasteiger partial charge in [0.05, 0.1) is 0 Å². The smallest absolute Gasteiger partial charge is 0.321 e. The second-order valence-electron chi connectivity index (χ2n) is 3.42. The van der Waals surface area contributed by atoms with Crippen LogP contribution in [0.25, 0.3) is 0 Å². The molecule has 0 aromatic heterocycles. The van der Waals surface area contributed by atoms with E-state index in [0.29, 0.717) is 17.7 Å². The number of rotatable bonds is 1. The fraction of sp³-hybridized carbons (Fsp3) is 0.500. The summed E-state index contributed by atoms with van der Waals surface area (Å²) in [5, 5.41) is 5.47. The Kier molecular flexibility index (Phi) is 2.82. The summed E-state index contributed by atoms with van der Waals surface area (Å²) >= 11 is 1.83. The Morgan fingerprint density at radius 1 is 1.64 bits per heavy atom. The number of hydrogen-bond donors (Lipinski definition) is 1. The fourth-order valence-electron chi connectivity index (χ4n) is 1.68. The number of nitrogens with one attached hydrogen (secondary N) is 1. The van der Waals surface area contributed by atoms with Gasteiger partial charge < -0.3 is 10.2 Å². The molecule has 0 radical (unpaired) electrons.